The summed E-state index contributed by atoms with van der Waals surface area (Å²) in [6.07, 6.45) is 0. The van der Waals surface area contributed by atoms with Crippen molar-refractivity contribution in [2.75, 3.05) is 0 Å². The molecule has 262 valence electrons. The van der Waals surface area contributed by atoms with E-state index >= 15 is 0 Å². The van der Waals surface area contributed by atoms with E-state index in [9.17, 15) is 5.48 Å². The van der Waals surface area contributed by atoms with Crippen molar-refractivity contribution in [2.45, 2.75) is 0 Å². The van der Waals surface area contributed by atoms with Crippen molar-refractivity contribution in [1.82, 2.24) is 24.1 Å². The van der Waals surface area contributed by atoms with Crippen LogP contribution >= 0.6 is 0 Å². The lowest BCUT2D eigenvalue weighted by Gasteiger charge is -2.16. The van der Waals surface area contributed by atoms with Gasteiger partial charge in [-0.05, 0) is 60.1 Å². The van der Waals surface area contributed by atoms with Gasteiger partial charge in [-0.2, -0.15) is 0 Å². The summed E-state index contributed by atoms with van der Waals surface area (Å²) in [5, 5.41) is 2.69. The minimum absolute atomic E-state index is 0.0479. The fourth-order valence-corrected chi connectivity index (χ4v) is 7.78. The second-order valence-corrected chi connectivity index (χ2v) is 13.6. The van der Waals surface area contributed by atoms with E-state index in [1.54, 1.807) is 4.57 Å². The highest BCUT2D eigenvalue weighted by atomic mass is 15.0. The Morgan fingerprint density at radius 2 is 0.875 bits per heavy atom. The van der Waals surface area contributed by atoms with Crippen LogP contribution in [0.3, 0.4) is 0 Å². The quantitative estimate of drug-likeness (QED) is 0.172. The van der Waals surface area contributed by atoms with Crippen LogP contribution < -0.4 is 0 Å². The molecule has 11 rings (SSSR count). The molecule has 3 aromatic heterocycles. The predicted molar refractivity (Wildman–Crippen MR) is 230 cm³/mol. The zero-order valence-corrected chi connectivity index (χ0v) is 29.8. The third kappa shape index (κ3) is 5.21. The van der Waals surface area contributed by atoms with Crippen LogP contribution in [0.5, 0.6) is 0 Å². The van der Waals surface area contributed by atoms with Crippen molar-refractivity contribution >= 4 is 43.6 Å². The van der Waals surface area contributed by atoms with Gasteiger partial charge in [-0.25, -0.2) is 15.0 Å². The predicted octanol–water partition coefficient (Wildman–Crippen LogP) is 12.7. The molecule has 0 radical (unpaired) electrons. The molecule has 5 heteroatoms. The van der Waals surface area contributed by atoms with Gasteiger partial charge in [0.15, 0.2) is 17.5 Å². The molecule has 0 amide bonds. The maximum Gasteiger partial charge on any atom is 0.164 e. The van der Waals surface area contributed by atoms with E-state index in [0.29, 0.717) is 50.9 Å². The molecule has 11 aromatic rings. The first-order chi connectivity index (χ1) is 30.3. The number of fused-ring (bicyclic) bond motifs is 6. The van der Waals surface area contributed by atoms with Crippen LogP contribution in [0.25, 0.3) is 100 Å². The van der Waals surface area contributed by atoms with Crippen LogP contribution in [0.4, 0.5) is 0 Å². The molecular formula is C51H33N5. The summed E-state index contributed by atoms with van der Waals surface area (Å²) in [7, 11) is 0. The van der Waals surface area contributed by atoms with Crippen LogP contribution in [0.2, 0.25) is 0 Å². The highest BCUT2D eigenvalue weighted by Crippen LogP contribution is 2.40. The molecule has 0 aliphatic carbocycles. The number of benzene rings is 8. The van der Waals surface area contributed by atoms with Gasteiger partial charge in [-0.15, -0.1) is 0 Å². The summed E-state index contributed by atoms with van der Waals surface area (Å²) in [6, 6.07) is 51.3. The number of rotatable bonds is 6. The molecular weight excluding hydrogens is 683 g/mol. The van der Waals surface area contributed by atoms with Crippen LogP contribution in [0, 0.1) is 0 Å². The Hall–Kier alpha value is -7.63. The zero-order chi connectivity index (χ0) is 42.2. The van der Waals surface area contributed by atoms with Crippen LogP contribution in [0.1, 0.15) is 8.22 Å². The SMILES string of the molecule is [2H]c1c([2H])c([2H])c2c(c1[2H])c1cc(-n3c4ccccc4c4ccccc43)c([2H])c([2H])c1n2-c1ccc(-c2nc(-c3ccccc3)nc(-c3ccccc3)n2)cc1-c1ccccc1. The minimum atomic E-state index is -0.392. The third-order valence-electron chi connectivity index (χ3n) is 10.3. The van der Waals surface area contributed by atoms with Gasteiger partial charge in [-0.1, -0.05) is 146 Å². The Morgan fingerprint density at radius 3 is 1.50 bits per heavy atom. The second kappa shape index (κ2) is 13.0. The van der Waals surface area contributed by atoms with Crippen LogP contribution in [0.15, 0.2) is 200 Å². The molecule has 0 bridgehead atoms. The summed E-state index contributed by atoms with van der Waals surface area (Å²) in [5.41, 5.74) is 7.10. The summed E-state index contributed by atoms with van der Waals surface area (Å²) >= 11 is 0. The van der Waals surface area contributed by atoms with Gasteiger partial charge in [0.05, 0.1) is 36.0 Å². The van der Waals surface area contributed by atoms with Gasteiger partial charge in [0.1, 0.15) is 0 Å². The molecule has 0 aliphatic heterocycles. The fraction of sp³-hybridized carbons (Fsp3) is 0. The van der Waals surface area contributed by atoms with E-state index in [0.717, 1.165) is 38.5 Å². The van der Waals surface area contributed by atoms with E-state index in [-0.39, 0.29) is 41.1 Å². The number of nitrogens with zero attached hydrogens (tertiary/aromatic N) is 5. The molecule has 0 saturated heterocycles. The highest BCUT2D eigenvalue weighted by molar-refractivity contribution is 6.12. The average Bonchev–Trinajstić information content (AvgIpc) is 3.85. The Bertz CT molecular complexity index is 3480. The van der Waals surface area contributed by atoms with Crippen molar-refractivity contribution < 1.29 is 8.22 Å². The van der Waals surface area contributed by atoms with Crippen molar-refractivity contribution in [1.29, 1.82) is 0 Å². The lowest BCUT2D eigenvalue weighted by atomic mass is 10.00. The Labute approximate surface area is 331 Å². The first kappa shape index (κ1) is 26.2. The molecule has 0 spiro atoms. The van der Waals surface area contributed by atoms with E-state index in [1.807, 2.05) is 168 Å². The van der Waals surface area contributed by atoms with Crippen LogP contribution in [-0.4, -0.2) is 24.1 Å². The number of hydrogen-bond acceptors (Lipinski definition) is 3. The van der Waals surface area contributed by atoms with Gasteiger partial charge in [0.2, 0.25) is 0 Å². The van der Waals surface area contributed by atoms with Gasteiger partial charge in [0.25, 0.3) is 0 Å². The number of hydrogen-bond donors (Lipinski definition) is 0. The number of para-hydroxylation sites is 3. The van der Waals surface area contributed by atoms with E-state index < -0.39 is 6.04 Å². The average molecular weight is 722 g/mol. The highest BCUT2D eigenvalue weighted by Gasteiger charge is 2.20. The monoisotopic (exact) mass is 721 g/mol. The third-order valence-corrected chi connectivity index (χ3v) is 10.3. The fourth-order valence-electron chi connectivity index (χ4n) is 7.78. The van der Waals surface area contributed by atoms with Gasteiger partial charge >= 0.3 is 0 Å². The molecule has 0 N–H and O–H groups in total. The Morgan fingerprint density at radius 1 is 0.357 bits per heavy atom. The summed E-state index contributed by atoms with van der Waals surface area (Å²) < 4.78 is 59.6. The Kier molecular flexibility index (Phi) is 6.10. The number of aromatic nitrogens is 5. The molecule has 5 nitrogen and oxygen atoms in total. The van der Waals surface area contributed by atoms with Crippen molar-refractivity contribution in [3.8, 4) is 56.7 Å². The molecule has 0 saturated carbocycles. The molecule has 3 heterocycles. The smallest absolute Gasteiger partial charge is 0.164 e. The zero-order valence-electron chi connectivity index (χ0n) is 35.8. The molecule has 56 heavy (non-hydrogen) atoms. The standard InChI is InChI=1S/C51H33N5/c1-4-16-34(17-5-1)42-32-37(51-53-49(35-18-6-2-7-19-35)52-50(54-51)36-20-8-3-9-21-36)28-30-47(42)56-46-27-15-12-24-41(46)43-33-38(29-31-48(43)56)55-44-25-13-10-22-39(44)40-23-11-14-26-45(40)55/h1-33H/i12D,15D,24D,27D,29D,31D. The second-order valence-electron chi connectivity index (χ2n) is 13.6. The summed E-state index contributed by atoms with van der Waals surface area (Å²) in [4.78, 5) is 14.9. The molecule has 0 fully saturated rings. The normalized spacial score (nSPS) is 13.1. The first-order valence-corrected chi connectivity index (χ1v) is 18.4. The van der Waals surface area contributed by atoms with Crippen molar-refractivity contribution in [3.63, 3.8) is 0 Å². The minimum Gasteiger partial charge on any atom is -0.309 e. The van der Waals surface area contributed by atoms with Gasteiger partial charge in [0, 0.05) is 49.5 Å². The first-order valence-electron chi connectivity index (χ1n) is 21.4. The molecule has 0 aliphatic rings. The van der Waals surface area contributed by atoms with E-state index in [2.05, 4.69) is 0 Å². The maximum atomic E-state index is 9.82. The lowest BCUT2D eigenvalue weighted by Crippen LogP contribution is -2.02. The van der Waals surface area contributed by atoms with Crippen LogP contribution in [-0.2, 0) is 0 Å². The van der Waals surface area contributed by atoms with Crippen molar-refractivity contribution in [3.05, 3.63) is 200 Å². The molecule has 0 unspecified atom stereocenters. The van der Waals surface area contributed by atoms with E-state index in [4.69, 9.17) is 17.7 Å². The topological polar surface area (TPSA) is 48.5 Å². The van der Waals surface area contributed by atoms with Gasteiger partial charge < -0.3 is 9.13 Å². The lowest BCUT2D eigenvalue weighted by molar-refractivity contribution is 1.07. The molecule has 8 aromatic carbocycles. The van der Waals surface area contributed by atoms with E-state index in [1.165, 1.54) is 0 Å². The van der Waals surface area contributed by atoms with Crippen molar-refractivity contribution in [2.24, 2.45) is 0 Å². The summed E-state index contributed by atoms with van der Waals surface area (Å²) in [6.45, 7) is 0. The Balaban J connectivity index is 1.22. The van der Waals surface area contributed by atoms with Gasteiger partial charge in [-0.3, -0.25) is 0 Å². The maximum absolute atomic E-state index is 9.82. The summed E-state index contributed by atoms with van der Waals surface area (Å²) in [5.74, 6) is 1.47. The largest absolute Gasteiger partial charge is 0.309 e. The molecule has 0 atom stereocenters.